The van der Waals surface area contributed by atoms with Gasteiger partial charge < -0.3 is 14.7 Å². The van der Waals surface area contributed by atoms with Gasteiger partial charge in [0, 0.05) is 27.7 Å². The lowest BCUT2D eigenvalue weighted by atomic mass is 9.95. The maximum atomic E-state index is 13.6. The summed E-state index contributed by atoms with van der Waals surface area (Å²) in [6, 6.07) is 17.8. The lowest BCUT2D eigenvalue weighted by Gasteiger charge is -2.27. The number of aryl methyl sites for hydroxylation is 1. The van der Waals surface area contributed by atoms with E-state index in [1.165, 1.54) is 0 Å². The quantitative estimate of drug-likeness (QED) is 0.349. The maximum absolute atomic E-state index is 13.6. The number of H-pyrrole nitrogens is 1. The van der Waals surface area contributed by atoms with Crippen LogP contribution >= 0.6 is 23.2 Å². The number of aromatic hydroxyl groups is 1. The first-order chi connectivity index (χ1) is 16.4. The Bertz CT molecular complexity index is 1400. The Hall–Kier alpha value is -3.48. The van der Waals surface area contributed by atoms with Gasteiger partial charge in [0.1, 0.15) is 22.9 Å². The van der Waals surface area contributed by atoms with Crippen LogP contribution in [0.15, 0.2) is 60.7 Å². The number of nitrogens with zero attached hydrogens (tertiary/aromatic N) is 2. The summed E-state index contributed by atoms with van der Waals surface area (Å²) >= 11 is 12.7. The minimum absolute atomic E-state index is 0.0436. The molecule has 5 rings (SSSR count). The van der Waals surface area contributed by atoms with Crippen molar-refractivity contribution in [2.45, 2.75) is 19.5 Å². The Morgan fingerprint density at radius 2 is 1.88 bits per heavy atom. The molecule has 1 aliphatic rings. The summed E-state index contributed by atoms with van der Waals surface area (Å²) in [7, 11) is 1.61. The van der Waals surface area contributed by atoms with Crippen molar-refractivity contribution < 1.29 is 14.6 Å². The van der Waals surface area contributed by atoms with Crippen LogP contribution in [0.25, 0.3) is 11.3 Å². The molecular weight excluding hydrogens is 473 g/mol. The fourth-order valence-corrected chi connectivity index (χ4v) is 4.73. The van der Waals surface area contributed by atoms with Crippen molar-refractivity contribution >= 4 is 29.1 Å². The molecule has 1 aliphatic heterocycles. The number of fused-ring (bicyclic) bond motifs is 1. The van der Waals surface area contributed by atoms with E-state index in [2.05, 4.69) is 10.2 Å². The topological polar surface area (TPSA) is 78.5 Å². The van der Waals surface area contributed by atoms with Gasteiger partial charge in [0.05, 0.1) is 13.2 Å². The summed E-state index contributed by atoms with van der Waals surface area (Å²) < 4.78 is 5.25. The highest BCUT2D eigenvalue weighted by Crippen LogP contribution is 2.46. The lowest BCUT2D eigenvalue weighted by molar-refractivity contribution is 0.0730. The van der Waals surface area contributed by atoms with Gasteiger partial charge in [-0.3, -0.25) is 9.89 Å². The molecule has 8 heteroatoms. The Morgan fingerprint density at radius 3 is 2.59 bits per heavy atom. The van der Waals surface area contributed by atoms with E-state index in [-0.39, 0.29) is 11.7 Å². The molecule has 34 heavy (non-hydrogen) atoms. The number of ether oxygens (including phenoxy) is 1. The second-order valence-electron chi connectivity index (χ2n) is 8.22. The van der Waals surface area contributed by atoms with Crippen LogP contribution in [0.4, 0.5) is 0 Å². The zero-order chi connectivity index (χ0) is 24.0. The van der Waals surface area contributed by atoms with Crippen LogP contribution in [-0.2, 0) is 6.54 Å². The molecule has 3 aromatic carbocycles. The molecule has 0 saturated carbocycles. The number of nitrogens with one attached hydrogen (secondary N) is 1. The number of methoxy groups -OCH3 is 1. The molecule has 1 unspecified atom stereocenters. The van der Waals surface area contributed by atoms with Crippen molar-refractivity contribution in [2.24, 2.45) is 0 Å². The third-order valence-corrected chi connectivity index (χ3v) is 6.71. The number of aromatic amines is 1. The van der Waals surface area contributed by atoms with Gasteiger partial charge in [0.15, 0.2) is 0 Å². The highest BCUT2D eigenvalue weighted by Gasteiger charge is 2.42. The summed E-state index contributed by atoms with van der Waals surface area (Å²) in [6.07, 6.45) is 0. The van der Waals surface area contributed by atoms with E-state index in [0.29, 0.717) is 39.1 Å². The molecule has 172 valence electrons. The molecule has 0 aliphatic carbocycles. The number of rotatable bonds is 5. The average molecular weight is 494 g/mol. The lowest BCUT2D eigenvalue weighted by Crippen LogP contribution is -2.29. The monoisotopic (exact) mass is 493 g/mol. The summed E-state index contributed by atoms with van der Waals surface area (Å²) in [5.41, 5.74) is 4.53. The van der Waals surface area contributed by atoms with Gasteiger partial charge in [-0.05, 0) is 60.0 Å². The van der Waals surface area contributed by atoms with E-state index < -0.39 is 6.04 Å². The molecule has 0 fully saturated rings. The first-order valence-corrected chi connectivity index (χ1v) is 11.4. The third kappa shape index (κ3) is 3.79. The first kappa shape index (κ1) is 22.3. The van der Waals surface area contributed by atoms with Crippen molar-refractivity contribution in [3.8, 4) is 22.8 Å². The van der Waals surface area contributed by atoms with Crippen molar-refractivity contribution in [3.05, 3.63) is 98.7 Å². The minimum atomic E-state index is -0.462. The molecular formula is C26H21Cl2N3O3. The van der Waals surface area contributed by atoms with Crippen LogP contribution in [0.3, 0.4) is 0 Å². The molecule has 0 saturated heterocycles. The van der Waals surface area contributed by atoms with Crippen LogP contribution in [-0.4, -0.2) is 33.2 Å². The van der Waals surface area contributed by atoms with E-state index >= 15 is 0 Å². The number of benzene rings is 3. The standard InChI is InChI=1S/C26H21Cl2N3O3/c1-14-10-21(32)19(12-20(14)28)23-22-24(30-29-23)26(33)31(13-15-6-8-18(34-2)9-7-15)25(22)16-4-3-5-17(27)11-16/h3-12,25,32H,13H2,1-2H3,(H,29,30). The van der Waals surface area contributed by atoms with E-state index in [9.17, 15) is 9.90 Å². The Balaban J connectivity index is 1.65. The van der Waals surface area contributed by atoms with E-state index in [4.69, 9.17) is 27.9 Å². The minimum Gasteiger partial charge on any atom is -0.507 e. The van der Waals surface area contributed by atoms with Crippen LogP contribution in [0.1, 0.15) is 38.8 Å². The van der Waals surface area contributed by atoms with Crippen molar-refractivity contribution in [2.75, 3.05) is 7.11 Å². The fraction of sp³-hybridized carbons (Fsp3) is 0.154. The van der Waals surface area contributed by atoms with Gasteiger partial charge in [-0.2, -0.15) is 5.10 Å². The van der Waals surface area contributed by atoms with E-state index in [0.717, 1.165) is 22.4 Å². The molecule has 0 radical (unpaired) electrons. The summed E-state index contributed by atoms with van der Waals surface area (Å²) in [6.45, 7) is 2.18. The van der Waals surface area contributed by atoms with Gasteiger partial charge in [-0.1, -0.05) is 47.5 Å². The van der Waals surface area contributed by atoms with Crippen LogP contribution in [0.2, 0.25) is 10.0 Å². The van der Waals surface area contributed by atoms with E-state index in [1.807, 2.05) is 49.4 Å². The number of phenolic OH excluding ortho intramolecular Hbond substituents is 1. The van der Waals surface area contributed by atoms with Gasteiger partial charge in [0.2, 0.25) is 0 Å². The number of carbonyl (C=O) groups is 1. The highest BCUT2D eigenvalue weighted by molar-refractivity contribution is 6.31. The number of amides is 1. The number of carbonyl (C=O) groups excluding carboxylic acids is 1. The molecule has 1 atom stereocenters. The molecule has 1 aromatic heterocycles. The normalized spacial score (nSPS) is 15.0. The van der Waals surface area contributed by atoms with Crippen molar-refractivity contribution in [3.63, 3.8) is 0 Å². The van der Waals surface area contributed by atoms with Gasteiger partial charge in [-0.15, -0.1) is 0 Å². The molecule has 2 heterocycles. The Labute approximate surface area is 206 Å². The summed E-state index contributed by atoms with van der Waals surface area (Å²) in [5.74, 6) is 0.598. The number of phenols is 1. The maximum Gasteiger partial charge on any atom is 0.273 e. The predicted molar refractivity (Wildman–Crippen MR) is 132 cm³/mol. The van der Waals surface area contributed by atoms with Crippen molar-refractivity contribution in [1.82, 2.24) is 15.1 Å². The zero-order valence-electron chi connectivity index (χ0n) is 18.5. The van der Waals surface area contributed by atoms with Crippen LogP contribution < -0.4 is 4.74 Å². The number of hydrogen-bond acceptors (Lipinski definition) is 4. The number of aromatic nitrogens is 2. The molecule has 2 N–H and O–H groups in total. The Morgan fingerprint density at radius 1 is 1.12 bits per heavy atom. The van der Waals surface area contributed by atoms with Crippen molar-refractivity contribution in [1.29, 1.82) is 0 Å². The summed E-state index contributed by atoms with van der Waals surface area (Å²) in [4.78, 5) is 15.3. The molecule has 0 spiro atoms. The molecule has 1 amide bonds. The van der Waals surface area contributed by atoms with Gasteiger partial charge in [0.25, 0.3) is 5.91 Å². The smallest absolute Gasteiger partial charge is 0.273 e. The second kappa shape index (κ2) is 8.70. The third-order valence-electron chi connectivity index (χ3n) is 6.07. The van der Waals surface area contributed by atoms with E-state index in [1.54, 1.807) is 30.2 Å². The SMILES string of the molecule is COc1ccc(CN2C(=O)c3[nH]nc(-c4cc(Cl)c(C)cc4O)c3C2c2cccc(Cl)c2)cc1. The average Bonchev–Trinajstić information content (AvgIpc) is 3.36. The molecule has 4 aromatic rings. The van der Waals surface area contributed by atoms with Crippen LogP contribution in [0, 0.1) is 6.92 Å². The highest BCUT2D eigenvalue weighted by atomic mass is 35.5. The molecule has 0 bridgehead atoms. The summed E-state index contributed by atoms with van der Waals surface area (Å²) in [5, 5.41) is 19.1. The fourth-order valence-electron chi connectivity index (χ4n) is 4.37. The van der Waals surface area contributed by atoms with Gasteiger partial charge in [-0.25, -0.2) is 0 Å². The zero-order valence-corrected chi connectivity index (χ0v) is 20.0. The molecule has 6 nitrogen and oxygen atoms in total. The Kier molecular flexibility index (Phi) is 5.71. The van der Waals surface area contributed by atoms with Crippen LogP contribution in [0.5, 0.6) is 11.5 Å². The number of halogens is 2. The largest absolute Gasteiger partial charge is 0.507 e. The van der Waals surface area contributed by atoms with Gasteiger partial charge >= 0.3 is 0 Å². The second-order valence-corrected chi connectivity index (χ2v) is 9.06. The number of hydrogen-bond donors (Lipinski definition) is 2. The predicted octanol–water partition coefficient (Wildman–Crippen LogP) is 6.15. The first-order valence-electron chi connectivity index (χ1n) is 10.6.